The first-order chi connectivity index (χ1) is 14.4. The van der Waals surface area contributed by atoms with Crippen molar-refractivity contribution in [3.05, 3.63) is 63.4 Å². The van der Waals surface area contributed by atoms with E-state index in [-0.39, 0.29) is 15.5 Å². The molecule has 156 valence electrons. The van der Waals surface area contributed by atoms with Gasteiger partial charge in [0.25, 0.3) is 5.56 Å². The Kier molecular flexibility index (Phi) is 5.54. The van der Waals surface area contributed by atoms with Crippen LogP contribution in [0.15, 0.2) is 52.2 Å². The topological polar surface area (TPSA) is 111 Å². The molecule has 0 unspecified atom stereocenters. The minimum absolute atomic E-state index is 0.0385. The van der Waals surface area contributed by atoms with Crippen molar-refractivity contribution in [2.24, 2.45) is 0 Å². The molecule has 0 atom stereocenters. The first kappa shape index (κ1) is 20.5. The fraction of sp³-hybridized carbons (Fsp3) is 0.263. The number of hydrogen-bond donors (Lipinski definition) is 0. The highest BCUT2D eigenvalue weighted by Crippen LogP contribution is 2.25. The van der Waals surface area contributed by atoms with Crippen LogP contribution in [0.4, 0.5) is 0 Å². The predicted octanol–water partition coefficient (Wildman–Crippen LogP) is 2.04. The number of carbonyl (C=O) groups is 1. The van der Waals surface area contributed by atoms with E-state index in [9.17, 15) is 18.0 Å². The highest BCUT2D eigenvalue weighted by atomic mass is 35.5. The fourth-order valence-corrected chi connectivity index (χ4v) is 4.94. The van der Waals surface area contributed by atoms with Crippen molar-refractivity contribution in [1.82, 2.24) is 19.3 Å². The highest BCUT2D eigenvalue weighted by molar-refractivity contribution is 7.89. The number of aromatic nitrogens is 3. The lowest BCUT2D eigenvalue weighted by Gasteiger charge is -2.16. The normalized spacial score (nSPS) is 14.8. The smallest absolute Gasteiger partial charge is 0.341 e. The SMILES string of the molecule is O=C(OCn1nnc2ccccc2c1=O)c1cc(S(=O)(=O)N2CCCC2)ccc1Cl. The third kappa shape index (κ3) is 3.81. The Morgan fingerprint density at radius 3 is 2.63 bits per heavy atom. The number of rotatable bonds is 5. The zero-order valence-electron chi connectivity index (χ0n) is 15.7. The van der Waals surface area contributed by atoms with Crippen molar-refractivity contribution >= 4 is 38.5 Å². The number of ether oxygens (including phenoxy) is 1. The summed E-state index contributed by atoms with van der Waals surface area (Å²) >= 11 is 6.09. The van der Waals surface area contributed by atoms with Gasteiger partial charge in [-0.05, 0) is 43.2 Å². The van der Waals surface area contributed by atoms with E-state index in [1.807, 2.05) is 0 Å². The molecule has 0 radical (unpaired) electrons. The van der Waals surface area contributed by atoms with Gasteiger partial charge < -0.3 is 4.74 Å². The summed E-state index contributed by atoms with van der Waals surface area (Å²) in [5, 5.41) is 8.03. The molecule has 0 spiro atoms. The van der Waals surface area contributed by atoms with Crippen LogP contribution in [0.1, 0.15) is 23.2 Å². The summed E-state index contributed by atoms with van der Waals surface area (Å²) in [5.74, 6) is -0.875. The summed E-state index contributed by atoms with van der Waals surface area (Å²) in [6.45, 7) is 0.386. The maximum Gasteiger partial charge on any atom is 0.341 e. The number of carbonyl (C=O) groups excluding carboxylic acids is 1. The third-order valence-electron chi connectivity index (χ3n) is 4.81. The molecule has 1 aliphatic heterocycles. The molecule has 1 fully saturated rings. The van der Waals surface area contributed by atoms with Crippen LogP contribution in [-0.4, -0.2) is 46.8 Å². The van der Waals surface area contributed by atoms with Gasteiger partial charge in [0, 0.05) is 13.1 Å². The van der Waals surface area contributed by atoms with Gasteiger partial charge in [0.2, 0.25) is 10.0 Å². The van der Waals surface area contributed by atoms with E-state index < -0.39 is 28.3 Å². The molecule has 0 saturated carbocycles. The van der Waals surface area contributed by atoms with Crippen molar-refractivity contribution < 1.29 is 17.9 Å². The molecule has 1 aliphatic rings. The standard InChI is InChI=1S/C19H17ClN4O5S/c20-16-8-7-13(30(27,28)23-9-3-4-10-23)11-15(16)19(26)29-12-24-18(25)14-5-1-2-6-17(14)21-22-24/h1-2,5-8,11H,3-4,9-10,12H2. The van der Waals surface area contributed by atoms with Crippen LogP contribution in [0.25, 0.3) is 10.9 Å². The molecule has 0 aliphatic carbocycles. The lowest BCUT2D eigenvalue weighted by molar-refractivity contribution is 0.0336. The molecule has 4 rings (SSSR count). The van der Waals surface area contributed by atoms with Crippen molar-refractivity contribution in [2.45, 2.75) is 24.5 Å². The molecule has 9 nitrogen and oxygen atoms in total. The van der Waals surface area contributed by atoms with E-state index in [1.165, 1.54) is 22.5 Å². The average molecular weight is 449 g/mol. The van der Waals surface area contributed by atoms with E-state index in [2.05, 4.69) is 10.3 Å². The van der Waals surface area contributed by atoms with Gasteiger partial charge in [0.15, 0.2) is 6.73 Å². The molecule has 30 heavy (non-hydrogen) atoms. The summed E-state index contributed by atoms with van der Waals surface area (Å²) in [7, 11) is -3.72. The lowest BCUT2D eigenvalue weighted by atomic mass is 10.2. The molecule has 0 N–H and O–H groups in total. The Labute approximate surface area is 176 Å². The average Bonchev–Trinajstić information content (AvgIpc) is 3.29. The Morgan fingerprint density at radius 2 is 1.87 bits per heavy atom. The van der Waals surface area contributed by atoms with Crippen LogP contribution in [0.3, 0.4) is 0 Å². The van der Waals surface area contributed by atoms with E-state index >= 15 is 0 Å². The summed E-state index contributed by atoms with van der Waals surface area (Å²) in [6, 6.07) is 10.5. The molecular formula is C19H17ClN4O5S. The van der Waals surface area contributed by atoms with Crippen molar-refractivity contribution in [3.63, 3.8) is 0 Å². The zero-order chi connectivity index (χ0) is 21.3. The largest absolute Gasteiger partial charge is 0.438 e. The van der Waals surface area contributed by atoms with Crippen molar-refractivity contribution in [1.29, 1.82) is 0 Å². The fourth-order valence-electron chi connectivity index (χ4n) is 3.20. The molecule has 11 heteroatoms. The highest BCUT2D eigenvalue weighted by Gasteiger charge is 2.28. The van der Waals surface area contributed by atoms with Gasteiger partial charge in [-0.25, -0.2) is 13.2 Å². The monoisotopic (exact) mass is 448 g/mol. The summed E-state index contributed by atoms with van der Waals surface area (Å²) in [6.07, 6.45) is 1.59. The summed E-state index contributed by atoms with van der Waals surface area (Å²) in [5.41, 5.74) is -0.156. The number of nitrogens with zero attached hydrogens (tertiary/aromatic N) is 4. The first-order valence-electron chi connectivity index (χ1n) is 9.17. The quantitative estimate of drug-likeness (QED) is 0.549. The minimum atomic E-state index is -3.72. The van der Waals surface area contributed by atoms with Crippen LogP contribution in [0.2, 0.25) is 5.02 Å². The molecule has 0 amide bonds. The van der Waals surface area contributed by atoms with Crippen LogP contribution in [-0.2, 0) is 21.5 Å². The van der Waals surface area contributed by atoms with Crippen molar-refractivity contribution in [2.75, 3.05) is 13.1 Å². The van der Waals surface area contributed by atoms with E-state index in [4.69, 9.17) is 16.3 Å². The number of halogens is 1. The molecule has 1 saturated heterocycles. The van der Waals surface area contributed by atoms with Crippen LogP contribution < -0.4 is 5.56 Å². The van der Waals surface area contributed by atoms with E-state index in [1.54, 1.807) is 24.3 Å². The maximum atomic E-state index is 12.7. The van der Waals surface area contributed by atoms with E-state index in [0.717, 1.165) is 17.5 Å². The van der Waals surface area contributed by atoms with Crippen LogP contribution >= 0.6 is 11.6 Å². The second-order valence-electron chi connectivity index (χ2n) is 6.73. The van der Waals surface area contributed by atoms with Gasteiger partial charge >= 0.3 is 5.97 Å². The number of sulfonamides is 1. The summed E-state index contributed by atoms with van der Waals surface area (Å²) < 4.78 is 32.9. The van der Waals surface area contributed by atoms with Gasteiger partial charge in [-0.1, -0.05) is 28.9 Å². The second-order valence-corrected chi connectivity index (χ2v) is 9.07. The lowest BCUT2D eigenvalue weighted by Crippen LogP contribution is -2.28. The first-order valence-corrected chi connectivity index (χ1v) is 11.0. The molecule has 2 aromatic carbocycles. The van der Waals surface area contributed by atoms with Gasteiger partial charge in [0.1, 0.15) is 5.52 Å². The number of fused-ring (bicyclic) bond motifs is 1. The molecule has 1 aromatic heterocycles. The minimum Gasteiger partial charge on any atom is -0.438 e. The summed E-state index contributed by atoms with van der Waals surface area (Å²) in [4.78, 5) is 24.9. The third-order valence-corrected chi connectivity index (χ3v) is 7.03. The van der Waals surface area contributed by atoms with Crippen LogP contribution in [0, 0.1) is 0 Å². The molecular weight excluding hydrogens is 432 g/mol. The van der Waals surface area contributed by atoms with E-state index in [0.29, 0.717) is 24.0 Å². The van der Waals surface area contributed by atoms with Crippen LogP contribution in [0.5, 0.6) is 0 Å². The van der Waals surface area contributed by atoms with Gasteiger partial charge in [0.05, 0.1) is 20.9 Å². The Morgan fingerprint density at radius 1 is 1.13 bits per heavy atom. The van der Waals surface area contributed by atoms with Gasteiger partial charge in [-0.15, -0.1) is 5.10 Å². The molecule has 3 aromatic rings. The number of benzene rings is 2. The second kappa shape index (κ2) is 8.13. The number of hydrogen-bond acceptors (Lipinski definition) is 7. The van der Waals surface area contributed by atoms with Gasteiger partial charge in [-0.2, -0.15) is 8.99 Å². The number of esters is 1. The zero-order valence-corrected chi connectivity index (χ0v) is 17.3. The molecule has 0 bridgehead atoms. The Balaban J connectivity index is 1.57. The van der Waals surface area contributed by atoms with Crippen molar-refractivity contribution in [3.8, 4) is 0 Å². The molecule has 2 heterocycles. The van der Waals surface area contributed by atoms with Gasteiger partial charge in [-0.3, -0.25) is 4.79 Å². The maximum absolute atomic E-state index is 12.7. The Bertz CT molecular complexity index is 1290. The Hall–Kier alpha value is -2.82. The predicted molar refractivity (Wildman–Crippen MR) is 109 cm³/mol.